The molecule has 0 aromatic heterocycles. The van der Waals surface area contributed by atoms with Crippen LogP contribution >= 0.6 is 23.4 Å². The molecule has 1 N–H and O–H groups in total. The summed E-state index contributed by atoms with van der Waals surface area (Å²) < 4.78 is 37.4. The number of carboxylic acid groups (broad SMARTS) is 1. The van der Waals surface area contributed by atoms with Crippen molar-refractivity contribution in [1.82, 2.24) is 0 Å². The van der Waals surface area contributed by atoms with Crippen molar-refractivity contribution in [3.63, 3.8) is 0 Å². The predicted octanol–water partition coefficient (Wildman–Crippen LogP) is 3.54. The maximum atomic E-state index is 12.5. The number of rotatable bonds is 4. The maximum Gasteiger partial charge on any atom is 0.446 e. The molecule has 0 saturated heterocycles. The zero-order valence-electron chi connectivity index (χ0n) is 9.29. The van der Waals surface area contributed by atoms with Crippen LogP contribution in [0.3, 0.4) is 0 Å². The minimum atomic E-state index is -4.55. The van der Waals surface area contributed by atoms with Crippen LogP contribution in [-0.2, 0) is 17.1 Å². The van der Waals surface area contributed by atoms with Crippen molar-refractivity contribution in [3.05, 3.63) is 28.8 Å². The molecule has 0 aliphatic heterocycles. The standard InChI is InChI=1S/C11H7ClF3NO2S/c12-4-8-2-6(5-16)1-7(3-9(17)18)10(8)19-11(13,14)15/h1-2H,3-4H2,(H,17,18). The number of thioether (sulfide) groups is 1. The molecule has 0 spiro atoms. The van der Waals surface area contributed by atoms with Crippen LogP contribution in [0, 0.1) is 11.3 Å². The largest absolute Gasteiger partial charge is 0.481 e. The number of alkyl halides is 4. The van der Waals surface area contributed by atoms with Gasteiger partial charge < -0.3 is 5.11 Å². The molecule has 0 bridgehead atoms. The summed E-state index contributed by atoms with van der Waals surface area (Å²) in [5.74, 6) is -1.51. The first kappa shape index (κ1) is 15.7. The molecule has 0 radical (unpaired) electrons. The van der Waals surface area contributed by atoms with E-state index in [9.17, 15) is 18.0 Å². The summed E-state index contributed by atoms with van der Waals surface area (Å²) in [6, 6.07) is 4.13. The lowest BCUT2D eigenvalue weighted by Gasteiger charge is -2.14. The highest BCUT2D eigenvalue weighted by Crippen LogP contribution is 2.41. The summed E-state index contributed by atoms with van der Waals surface area (Å²) >= 11 is 5.14. The molecule has 0 aliphatic carbocycles. The van der Waals surface area contributed by atoms with E-state index in [-0.39, 0.29) is 27.5 Å². The topological polar surface area (TPSA) is 61.1 Å². The molecule has 19 heavy (non-hydrogen) atoms. The van der Waals surface area contributed by atoms with E-state index in [0.717, 1.165) is 6.07 Å². The molecule has 1 aromatic carbocycles. The molecule has 1 rings (SSSR count). The molecular weight excluding hydrogens is 303 g/mol. The van der Waals surface area contributed by atoms with Crippen LogP contribution in [0.15, 0.2) is 17.0 Å². The average Bonchev–Trinajstić information content (AvgIpc) is 2.28. The number of halogens is 4. The maximum absolute atomic E-state index is 12.5. The number of nitrogens with zero attached hydrogens (tertiary/aromatic N) is 1. The van der Waals surface area contributed by atoms with Gasteiger partial charge in [0.2, 0.25) is 0 Å². The van der Waals surface area contributed by atoms with E-state index >= 15 is 0 Å². The number of benzene rings is 1. The van der Waals surface area contributed by atoms with Gasteiger partial charge in [-0.25, -0.2) is 0 Å². The van der Waals surface area contributed by atoms with Crippen LogP contribution in [0.25, 0.3) is 0 Å². The van der Waals surface area contributed by atoms with E-state index in [0.29, 0.717) is 0 Å². The summed E-state index contributed by atoms with van der Waals surface area (Å²) in [6.07, 6.45) is -0.599. The number of carboxylic acids is 1. The van der Waals surface area contributed by atoms with Crippen molar-refractivity contribution in [1.29, 1.82) is 5.26 Å². The lowest BCUT2D eigenvalue weighted by Crippen LogP contribution is -2.08. The Kier molecular flexibility index (Phi) is 5.09. The molecule has 0 atom stereocenters. The SMILES string of the molecule is N#Cc1cc(CCl)c(SC(F)(F)F)c(CC(=O)O)c1. The Morgan fingerprint density at radius 3 is 2.42 bits per heavy atom. The number of carbonyl (C=O) groups is 1. The van der Waals surface area contributed by atoms with Crippen molar-refractivity contribution in [2.45, 2.75) is 22.7 Å². The zero-order chi connectivity index (χ0) is 14.6. The molecule has 8 heteroatoms. The van der Waals surface area contributed by atoms with Crippen LogP contribution in [-0.4, -0.2) is 16.6 Å². The smallest absolute Gasteiger partial charge is 0.446 e. The molecular formula is C11H7ClF3NO2S. The lowest BCUT2D eigenvalue weighted by atomic mass is 10.0. The van der Waals surface area contributed by atoms with E-state index in [2.05, 4.69) is 0 Å². The second-order valence-electron chi connectivity index (χ2n) is 3.49. The summed E-state index contributed by atoms with van der Waals surface area (Å²) in [6.45, 7) is 0. The van der Waals surface area contributed by atoms with Crippen LogP contribution < -0.4 is 0 Å². The second-order valence-corrected chi connectivity index (χ2v) is 4.83. The highest BCUT2D eigenvalue weighted by atomic mass is 35.5. The van der Waals surface area contributed by atoms with Crippen LogP contribution in [0.2, 0.25) is 0 Å². The Morgan fingerprint density at radius 1 is 1.42 bits per heavy atom. The highest BCUT2D eigenvalue weighted by molar-refractivity contribution is 8.00. The molecule has 0 heterocycles. The monoisotopic (exact) mass is 309 g/mol. The van der Waals surface area contributed by atoms with Gasteiger partial charge in [-0.15, -0.1) is 11.6 Å². The molecule has 0 fully saturated rings. The fraction of sp³-hybridized carbons (Fsp3) is 0.273. The zero-order valence-corrected chi connectivity index (χ0v) is 10.9. The van der Waals surface area contributed by atoms with Gasteiger partial charge in [-0.2, -0.15) is 18.4 Å². The third-order valence-corrected chi connectivity index (χ3v) is 3.32. The summed E-state index contributed by atoms with van der Waals surface area (Å²) in [4.78, 5) is 10.4. The Bertz CT molecular complexity index is 540. The third-order valence-electron chi connectivity index (χ3n) is 2.08. The average molecular weight is 310 g/mol. The first-order valence-corrected chi connectivity index (χ1v) is 6.21. The van der Waals surface area contributed by atoms with Crippen LogP contribution in [0.4, 0.5) is 13.2 Å². The Hall–Kier alpha value is -1.39. The molecule has 1 aromatic rings. The lowest BCUT2D eigenvalue weighted by molar-refractivity contribution is -0.136. The van der Waals surface area contributed by atoms with Gasteiger partial charge in [0.1, 0.15) is 0 Å². The van der Waals surface area contributed by atoms with E-state index in [1.54, 1.807) is 6.07 Å². The third kappa shape index (κ3) is 4.65. The van der Waals surface area contributed by atoms with Gasteiger partial charge in [0.15, 0.2) is 0 Å². The van der Waals surface area contributed by atoms with E-state index in [1.807, 2.05) is 0 Å². The van der Waals surface area contributed by atoms with Crippen LogP contribution in [0.1, 0.15) is 16.7 Å². The first-order valence-electron chi connectivity index (χ1n) is 4.86. The molecule has 102 valence electrons. The van der Waals surface area contributed by atoms with Crippen molar-refractivity contribution >= 4 is 29.3 Å². The highest BCUT2D eigenvalue weighted by Gasteiger charge is 2.32. The Morgan fingerprint density at radius 2 is 2.00 bits per heavy atom. The van der Waals surface area contributed by atoms with Crippen molar-refractivity contribution in [2.24, 2.45) is 0 Å². The van der Waals surface area contributed by atoms with Gasteiger partial charge in [0.25, 0.3) is 0 Å². The minimum absolute atomic E-state index is 0.0653. The fourth-order valence-electron chi connectivity index (χ4n) is 1.46. The van der Waals surface area contributed by atoms with Gasteiger partial charge in [0, 0.05) is 10.8 Å². The van der Waals surface area contributed by atoms with Gasteiger partial charge in [-0.3, -0.25) is 4.79 Å². The fourth-order valence-corrected chi connectivity index (χ4v) is 2.51. The summed E-state index contributed by atoms with van der Waals surface area (Å²) in [7, 11) is 0. The first-order chi connectivity index (χ1) is 8.76. The normalized spacial score (nSPS) is 11.1. The number of nitriles is 1. The van der Waals surface area contributed by atoms with E-state index in [4.69, 9.17) is 22.0 Å². The summed E-state index contributed by atoms with van der Waals surface area (Å²) in [5, 5.41) is 17.5. The number of aliphatic carboxylic acids is 1. The predicted molar refractivity (Wildman–Crippen MR) is 64.0 cm³/mol. The molecule has 0 unspecified atom stereocenters. The van der Waals surface area contributed by atoms with Gasteiger partial charge in [-0.05, 0) is 35.0 Å². The molecule has 3 nitrogen and oxygen atoms in total. The second kappa shape index (κ2) is 6.17. The van der Waals surface area contributed by atoms with E-state index in [1.165, 1.54) is 6.07 Å². The van der Waals surface area contributed by atoms with Crippen molar-refractivity contribution < 1.29 is 23.1 Å². The number of hydrogen-bond acceptors (Lipinski definition) is 3. The van der Waals surface area contributed by atoms with Gasteiger partial charge >= 0.3 is 11.5 Å². The van der Waals surface area contributed by atoms with E-state index < -0.39 is 29.7 Å². The van der Waals surface area contributed by atoms with Gasteiger partial charge in [-0.1, -0.05) is 0 Å². The molecule has 0 aliphatic rings. The number of hydrogen-bond donors (Lipinski definition) is 1. The Balaban J connectivity index is 3.37. The molecule has 0 saturated carbocycles. The summed E-state index contributed by atoms with van der Waals surface area (Å²) in [5.41, 5.74) is -4.44. The minimum Gasteiger partial charge on any atom is -0.481 e. The van der Waals surface area contributed by atoms with Crippen LogP contribution in [0.5, 0.6) is 0 Å². The van der Waals surface area contributed by atoms with Crippen molar-refractivity contribution in [2.75, 3.05) is 0 Å². The van der Waals surface area contributed by atoms with Crippen molar-refractivity contribution in [3.8, 4) is 6.07 Å². The molecule has 0 amide bonds. The Labute approximate surface area is 116 Å². The quantitative estimate of drug-likeness (QED) is 0.682. The van der Waals surface area contributed by atoms with Gasteiger partial charge in [0.05, 0.1) is 18.1 Å².